The highest BCUT2D eigenvalue weighted by Gasteiger charge is 2.17. The fraction of sp³-hybridized carbons (Fsp3) is 0.227. The van der Waals surface area contributed by atoms with E-state index in [9.17, 15) is 4.79 Å². The normalized spacial score (nSPS) is 11.3. The van der Waals surface area contributed by atoms with Gasteiger partial charge in [0.2, 0.25) is 0 Å². The Morgan fingerprint density at radius 3 is 2.61 bits per heavy atom. The van der Waals surface area contributed by atoms with E-state index in [4.69, 9.17) is 9.51 Å². The molecule has 0 aliphatic rings. The summed E-state index contributed by atoms with van der Waals surface area (Å²) < 4.78 is 7.00. The molecule has 0 radical (unpaired) electrons. The second kappa shape index (κ2) is 7.28. The van der Waals surface area contributed by atoms with E-state index in [1.54, 1.807) is 4.57 Å². The third-order valence-electron chi connectivity index (χ3n) is 4.88. The fourth-order valence-electron chi connectivity index (χ4n) is 3.23. The molecular weight excluding hydrogens is 370 g/mol. The molecule has 0 bridgehead atoms. The number of aryl methyl sites for hydroxylation is 4. The van der Waals surface area contributed by atoms with Crippen molar-refractivity contribution in [2.24, 2.45) is 0 Å². The third-order valence-corrected chi connectivity index (χ3v) is 5.84. The number of hydrogen-bond donors (Lipinski definition) is 0. The zero-order valence-electron chi connectivity index (χ0n) is 16.3. The van der Waals surface area contributed by atoms with E-state index in [1.165, 1.54) is 11.8 Å². The van der Waals surface area contributed by atoms with E-state index in [2.05, 4.69) is 11.2 Å². The Bertz CT molecular complexity index is 1220. The Labute approximate surface area is 167 Å². The number of para-hydroxylation sites is 1. The fourth-order valence-corrected chi connectivity index (χ4v) is 4.39. The maximum atomic E-state index is 13.4. The van der Waals surface area contributed by atoms with Crippen LogP contribution in [0.5, 0.6) is 0 Å². The van der Waals surface area contributed by atoms with Crippen molar-refractivity contribution in [2.45, 2.75) is 38.6 Å². The van der Waals surface area contributed by atoms with Crippen molar-refractivity contribution in [1.29, 1.82) is 0 Å². The van der Waals surface area contributed by atoms with Crippen LogP contribution in [0.4, 0.5) is 0 Å². The summed E-state index contributed by atoms with van der Waals surface area (Å²) in [5, 5.41) is 5.31. The predicted molar refractivity (Wildman–Crippen MR) is 112 cm³/mol. The lowest BCUT2D eigenvalue weighted by Gasteiger charge is -2.15. The Hall–Kier alpha value is -2.86. The van der Waals surface area contributed by atoms with Gasteiger partial charge >= 0.3 is 0 Å². The SMILES string of the molecule is Cc1ccc(C)c(-n2c(SCc3c(C)noc3C)nc3ccccc3c2=O)c1. The van der Waals surface area contributed by atoms with Crippen LogP contribution in [0.25, 0.3) is 16.6 Å². The van der Waals surface area contributed by atoms with Gasteiger partial charge in [-0.3, -0.25) is 9.36 Å². The van der Waals surface area contributed by atoms with E-state index >= 15 is 0 Å². The van der Waals surface area contributed by atoms with Crippen LogP contribution in [0.3, 0.4) is 0 Å². The first-order valence-electron chi connectivity index (χ1n) is 9.09. The maximum absolute atomic E-state index is 13.4. The van der Waals surface area contributed by atoms with Gasteiger partial charge in [-0.1, -0.05) is 41.2 Å². The van der Waals surface area contributed by atoms with Crippen LogP contribution in [0.15, 0.2) is 56.9 Å². The highest BCUT2D eigenvalue weighted by Crippen LogP contribution is 2.28. The number of nitrogens with zero attached hydrogens (tertiary/aromatic N) is 3. The summed E-state index contributed by atoms with van der Waals surface area (Å²) in [7, 11) is 0. The Kier molecular flexibility index (Phi) is 4.81. The molecule has 0 atom stereocenters. The van der Waals surface area contributed by atoms with Crippen LogP contribution < -0.4 is 5.56 Å². The zero-order chi connectivity index (χ0) is 19.8. The van der Waals surface area contributed by atoms with Crippen molar-refractivity contribution < 1.29 is 4.52 Å². The molecule has 0 spiro atoms. The van der Waals surface area contributed by atoms with Crippen LogP contribution in [-0.4, -0.2) is 14.7 Å². The van der Waals surface area contributed by atoms with Crippen molar-refractivity contribution in [2.75, 3.05) is 0 Å². The molecule has 0 N–H and O–H groups in total. The van der Waals surface area contributed by atoms with Gasteiger partial charge in [0.15, 0.2) is 5.16 Å². The average molecular weight is 391 g/mol. The van der Waals surface area contributed by atoms with Gasteiger partial charge in [0.25, 0.3) is 5.56 Å². The molecule has 0 saturated heterocycles. The first-order chi connectivity index (χ1) is 13.5. The Morgan fingerprint density at radius 2 is 1.86 bits per heavy atom. The quantitative estimate of drug-likeness (QED) is 0.366. The molecule has 142 valence electrons. The molecule has 28 heavy (non-hydrogen) atoms. The summed E-state index contributed by atoms with van der Waals surface area (Å²) >= 11 is 1.52. The van der Waals surface area contributed by atoms with Gasteiger partial charge in [0.05, 0.1) is 22.3 Å². The van der Waals surface area contributed by atoms with Crippen LogP contribution in [-0.2, 0) is 5.75 Å². The van der Waals surface area contributed by atoms with E-state index < -0.39 is 0 Å². The standard InChI is InChI=1S/C22H21N3O2S/c1-13-9-10-14(2)20(11-13)25-21(26)17-7-5-6-8-19(17)23-22(25)28-12-18-15(3)24-27-16(18)4/h5-11H,12H2,1-4H3. The van der Waals surface area contributed by atoms with E-state index in [-0.39, 0.29) is 5.56 Å². The highest BCUT2D eigenvalue weighted by atomic mass is 32.2. The molecule has 2 aromatic heterocycles. The summed E-state index contributed by atoms with van der Waals surface area (Å²) in [4.78, 5) is 18.2. The molecule has 4 rings (SSSR count). The summed E-state index contributed by atoms with van der Waals surface area (Å²) in [6, 6.07) is 13.6. The van der Waals surface area contributed by atoms with E-state index in [0.29, 0.717) is 21.8 Å². The van der Waals surface area contributed by atoms with Gasteiger partial charge in [-0.05, 0) is 57.0 Å². The molecule has 4 aromatic rings. The van der Waals surface area contributed by atoms with Crippen molar-refractivity contribution >= 4 is 22.7 Å². The predicted octanol–water partition coefficient (Wildman–Crippen LogP) is 4.90. The summed E-state index contributed by atoms with van der Waals surface area (Å²) in [6.07, 6.45) is 0. The van der Waals surface area contributed by atoms with Crippen molar-refractivity contribution in [3.05, 3.63) is 81.0 Å². The molecule has 0 unspecified atom stereocenters. The summed E-state index contributed by atoms with van der Waals surface area (Å²) in [6.45, 7) is 7.87. The van der Waals surface area contributed by atoms with Crippen LogP contribution in [0.2, 0.25) is 0 Å². The summed E-state index contributed by atoms with van der Waals surface area (Å²) in [5.41, 5.74) is 5.55. The van der Waals surface area contributed by atoms with Crippen LogP contribution >= 0.6 is 11.8 Å². The molecule has 0 saturated carbocycles. The van der Waals surface area contributed by atoms with E-state index in [1.807, 2.05) is 64.1 Å². The maximum Gasteiger partial charge on any atom is 0.266 e. The minimum absolute atomic E-state index is 0.0550. The second-order valence-corrected chi connectivity index (χ2v) is 7.88. The second-order valence-electron chi connectivity index (χ2n) is 6.93. The van der Waals surface area contributed by atoms with E-state index in [0.717, 1.165) is 33.8 Å². The lowest BCUT2D eigenvalue weighted by Crippen LogP contribution is -2.22. The van der Waals surface area contributed by atoms with Crippen molar-refractivity contribution in [3.63, 3.8) is 0 Å². The lowest BCUT2D eigenvalue weighted by molar-refractivity contribution is 0.392. The first kappa shape index (κ1) is 18.5. The molecule has 0 fully saturated rings. The molecule has 2 aromatic carbocycles. The van der Waals surface area contributed by atoms with Gasteiger partial charge in [-0.25, -0.2) is 4.98 Å². The molecule has 2 heterocycles. The Balaban J connectivity index is 1.91. The van der Waals surface area contributed by atoms with Crippen LogP contribution in [0.1, 0.15) is 28.1 Å². The Morgan fingerprint density at radius 1 is 1.07 bits per heavy atom. The molecular formula is C22H21N3O2S. The van der Waals surface area contributed by atoms with Crippen molar-refractivity contribution in [1.82, 2.24) is 14.7 Å². The minimum atomic E-state index is -0.0550. The highest BCUT2D eigenvalue weighted by molar-refractivity contribution is 7.98. The van der Waals surface area contributed by atoms with Crippen molar-refractivity contribution in [3.8, 4) is 5.69 Å². The lowest BCUT2D eigenvalue weighted by atomic mass is 10.1. The largest absolute Gasteiger partial charge is 0.361 e. The number of aromatic nitrogens is 3. The van der Waals surface area contributed by atoms with Gasteiger partial charge in [-0.2, -0.15) is 0 Å². The summed E-state index contributed by atoms with van der Waals surface area (Å²) in [5.74, 6) is 1.43. The molecule has 0 aliphatic heterocycles. The monoisotopic (exact) mass is 391 g/mol. The van der Waals surface area contributed by atoms with Gasteiger partial charge in [0.1, 0.15) is 5.76 Å². The number of thioether (sulfide) groups is 1. The van der Waals surface area contributed by atoms with Crippen LogP contribution in [0, 0.1) is 27.7 Å². The molecule has 0 amide bonds. The third kappa shape index (κ3) is 3.24. The average Bonchev–Trinajstić information content (AvgIpc) is 3.00. The zero-order valence-corrected chi connectivity index (χ0v) is 17.1. The number of hydrogen-bond acceptors (Lipinski definition) is 5. The number of rotatable bonds is 4. The van der Waals surface area contributed by atoms with Gasteiger partial charge in [-0.15, -0.1) is 0 Å². The smallest absolute Gasteiger partial charge is 0.266 e. The minimum Gasteiger partial charge on any atom is -0.361 e. The van der Waals surface area contributed by atoms with Gasteiger partial charge in [0, 0.05) is 11.3 Å². The molecule has 6 heteroatoms. The number of benzene rings is 2. The first-order valence-corrected chi connectivity index (χ1v) is 10.1. The van der Waals surface area contributed by atoms with Gasteiger partial charge < -0.3 is 4.52 Å². The molecule has 5 nitrogen and oxygen atoms in total. The molecule has 0 aliphatic carbocycles. The topological polar surface area (TPSA) is 60.9 Å². The number of fused-ring (bicyclic) bond motifs is 1.